The smallest absolute Gasteiger partial charge is 0.228 e. The summed E-state index contributed by atoms with van der Waals surface area (Å²) in [7, 11) is 0. The van der Waals surface area contributed by atoms with Crippen LogP contribution >= 0.6 is 0 Å². The van der Waals surface area contributed by atoms with Crippen LogP contribution in [0.2, 0.25) is 0 Å². The van der Waals surface area contributed by atoms with Crippen LogP contribution in [0.4, 0.5) is 0 Å². The highest BCUT2D eigenvalue weighted by Gasteiger charge is 2.49. The molecule has 0 saturated carbocycles. The number of nitrogens with one attached hydrogen (secondary N) is 1. The third-order valence-corrected chi connectivity index (χ3v) is 4.83. The van der Waals surface area contributed by atoms with Crippen molar-refractivity contribution in [2.45, 2.75) is 51.2 Å². The minimum Gasteiger partial charge on any atom is -0.388 e. The zero-order chi connectivity index (χ0) is 17.3. The van der Waals surface area contributed by atoms with E-state index >= 15 is 0 Å². The SMILES string of the molecule is CC.NC1CNC(=O)C12CCOCC2.NCC1(O)CCOCC1. The van der Waals surface area contributed by atoms with Crippen LogP contribution in [0.3, 0.4) is 0 Å². The van der Waals surface area contributed by atoms with Crippen LogP contribution in [0.25, 0.3) is 0 Å². The molecule has 0 aromatic heterocycles. The monoisotopic (exact) mass is 331 g/mol. The maximum atomic E-state index is 11.5. The molecule has 3 aliphatic heterocycles. The topological polar surface area (TPSA) is 120 Å². The summed E-state index contributed by atoms with van der Waals surface area (Å²) >= 11 is 0. The second-order valence-electron chi connectivity index (χ2n) is 6.13. The molecule has 23 heavy (non-hydrogen) atoms. The van der Waals surface area contributed by atoms with Gasteiger partial charge in [-0.2, -0.15) is 0 Å². The lowest BCUT2D eigenvalue weighted by Crippen LogP contribution is -2.46. The van der Waals surface area contributed by atoms with E-state index in [9.17, 15) is 9.90 Å². The van der Waals surface area contributed by atoms with E-state index in [0.717, 1.165) is 12.8 Å². The molecule has 136 valence electrons. The van der Waals surface area contributed by atoms with Gasteiger partial charge in [-0.3, -0.25) is 4.79 Å². The minimum atomic E-state index is -0.627. The fourth-order valence-corrected chi connectivity index (χ4v) is 3.03. The van der Waals surface area contributed by atoms with Gasteiger partial charge in [0.05, 0.1) is 11.0 Å². The van der Waals surface area contributed by atoms with Gasteiger partial charge in [-0.05, 0) is 12.8 Å². The Morgan fingerprint density at radius 1 is 1.13 bits per heavy atom. The van der Waals surface area contributed by atoms with Crippen molar-refractivity contribution in [1.29, 1.82) is 0 Å². The van der Waals surface area contributed by atoms with E-state index in [1.165, 1.54) is 0 Å². The van der Waals surface area contributed by atoms with Crippen molar-refractivity contribution in [3.63, 3.8) is 0 Å². The molecule has 6 N–H and O–H groups in total. The number of amides is 1. The van der Waals surface area contributed by atoms with Gasteiger partial charge in [0.2, 0.25) is 5.91 Å². The predicted octanol–water partition coefficient (Wildman–Crippen LogP) is -0.247. The van der Waals surface area contributed by atoms with E-state index < -0.39 is 5.60 Å². The second-order valence-corrected chi connectivity index (χ2v) is 6.13. The molecule has 0 bridgehead atoms. The average molecular weight is 331 g/mol. The number of hydrogen-bond donors (Lipinski definition) is 4. The zero-order valence-corrected chi connectivity index (χ0v) is 14.5. The van der Waals surface area contributed by atoms with Gasteiger partial charge in [-0.15, -0.1) is 0 Å². The molecule has 0 aromatic carbocycles. The van der Waals surface area contributed by atoms with Gasteiger partial charge in [0.15, 0.2) is 0 Å². The normalized spacial score (nSPS) is 28.0. The molecule has 1 spiro atoms. The fourth-order valence-electron chi connectivity index (χ4n) is 3.03. The summed E-state index contributed by atoms with van der Waals surface area (Å²) in [6, 6.07) is -0.0195. The molecule has 1 unspecified atom stereocenters. The fraction of sp³-hybridized carbons (Fsp3) is 0.938. The standard InChI is InChI=1S/C8H14N2O2.C6H13NO2.C2H6/c9-6-5-10-7(11)8(6)1-3-12-4-2-8;7-5-6(8)1-3-9-4-2-6;1-2/h6H,1-5,9H2,(H,10,11);8H,1-5,7H2;1-2H3. The Bertz CT molecular complexity index is 353. The Balaban J connectivity index is 0.000000215. The third-order valence-electron chi connectivity index (χ3n) is 4.83. The molecule has 7 heteroatoms. The number of rotatable bonds is 1. The van der Waals surface area contributed by atoms with E-state index in [2.05, 4.69) is 5.32 Å². The van der Waals surface area contributed by atoms with Crippen molar-refractivity contribution in [2.75, 3.05) is 39.5 Å². The van der Waals surface area contributed by atoms with Crippen LogP contribution in [0.15, 0.2) is 0 Å². The molecule has 0 radical (unpaired) electrons. The summed E-state index contributed by atoms with van der Waals surface area (Å²) in [6.07, 6.45) is 2.92. The summed E-state index contributed by atoms with van der Waals surface area (Å²) in [4.78, 5) is 11.5. The van der Waals surface area contributed by atoms with Gasteiger partial charge in [-0.1, -0.05) is 13.8 Å². The second kappa shape index (κ2) is 9.54. The summed E-state index contributed by atoms with van der Waals surface area (Å²) in [5.41, 5.74) is 10.3. The molecule has 3 heterocycles. The van der Waals surface area contributed by atoms with Gasteiger partial charge in [0, 0.05) is 58.4 Å². The first-order chi connectivity index (χ1) is 11.0. The van der Waals surface area contributed by atoms with Crippen LogP contribution in [0, 0.1) is 5.41 Å². The third kappa shape index (κ3) is 5.12. The Hall–Kier alpha value is -0.730. The van der Waals surface area contributed by atoms with Crippen molar-refractivity contribution < 1.29 is 19.4 Å². The van der Waals surface area contributed by atoms with Gasteiger partial charge >= 0.3 is 0 Å². The molecule has 3 aliphatic rings. The van der Waals surface area contributed by atoms with Crippen LogP contribution in [-0.2, 0) is 14.3 Å². The Morgan fingerprint density at radius 3 is 1.96 bits per heavy atom. The number of carbonyl (C=O) groups is 1. The highest BCUT2D eigenvalue weighted by Crippen LogP contribution is 2.36. The molecule has 3 fully saturated rings. The van der Waals surface area contributed by atoms with E-state index in [4.69, 9.17) is 20.9 Å². The van der Waals surface area contributed by atoms with E-state index in [1.807, 2.05) is 13.8 Å². The summed E-state index contributed by atoms with van der Waals surface area (Å²) in [6.45, 7) is 7.61. The molecule has 1 amide bonds. The number of hydrogen-bond acceptors (Lipinski definition) is 6. The minimum absolute atomic E-state index is 0.0195. The Labute approximate surface area is 139 Å². The largest absolute Gasteiger partial charge is 0.388 e. The lowest BCUT2D eigenvalue weighted by Gasteiger charge is -2.33. The highest BCUT2D eigenvalue weighted by atomic mass is 16.5. The summed E-state index contributed by atoms with van der Waals surface area (Å²) in [5, 5.41) is 12.3. The van der Waals surface area contributed by atoms with E-state index in [0.29, 0.717) is 52.4 Å². The van der Waals surface area contributed by atoms with E-state index in [1.54, 1.807) is 0 Å². The maximum absolute atomic E-state index is 11.5. The highest BCUT2D eigenvalue weighted by molar-refractivity contribution is 5.86. The molecule has 7 nitrogen and oxygen atoms in total. The van der Waals surface area contributed by atoms with Crippen LogP contribution in [-0.4, -0.2) is 62.2 Å². The van der Waals surface area contributed by atoms with Gasteiger partial charge < -0.3 is 31.4 Å². The lowest BCUT2D eigenvalue weighted by atomic mass is 9.76. The van der Waals surface area contributed by atoms with Crippen molar-refractivity contribution in [2.24, 2.45) is 16.9 Å². The predicted molar refractivity (Wildman–Crippen MR) is 88.9 cm³/mol. The van der Waals surface area contributed by atoms with Crippen LogP contribution in [0.5, 0.6) is 0 Å². The van der Waals surface area contributed by atoms with Gasteiger partial charge in [-0.25, -0.2) is 0 Å². The summed E-state index contributed by atoms with van der Waals surface area (Å²) < 4.78 is 10.3. The van der Waals surface area contributed by atoms with Crippen molar-refractivity contribution in [3.05, 3.63) is 0 Å². The maximum Gasteiger partial charge on any atom is 0.228 e. The molecule has 3 saturated heterocycles. The first-order valence-corrected chi connectivity index (χ1v) is 8.64. The Morgan fingerprint density at radius 2 is 1.61 bits per heavy atom. The molecule has 0 aromatic rings. The van der Waals surface area contributed by atoms with Crippen molar-refractivity contribution in [3.8, 4) is 0 Å². The number of carbonyl (C=O) groups excluding carboxylic acids is 1. The first-order valence-electron chi connectivity index (χ1n) is 8.64. The molecular formula is C16H33N3O4. The van der Waals surface area contributed by atoms with Crippen molar-refractivity contribution in [1.82, 2.24) is 5.32 Å². The van der Waals surface area contributed by atoms with Crippen LogP contribution in [0.1, 0.15) is 39.5 Å². The van der Waals surface area contributed by atoms with Crippen molar-refractivity contribution >= 4 is 5.91 Å². The molecular weight excluding hydrogens is 298 g/mol. The average Bonchev–Trinajstić information content (AvgIpc) is 2.87. The first kappa shape index (κ1) is 20.3. The molecule has 0 aliphatic carbocycles. The molecule has 1 atom stereocenters. The molecule has 3 rings (SSSR count). The van der Waals surface area contributed by atoms with Gasteiger partial charge in [0.1, 0.15) is 0 Å². The van der Waals surface area contributed by atoms with Gasteiger partial charge in [0.25, 0.3) is 0 Å². The Kier molecular flexibility index (Phi) is 8.42. The number of ether oxygens (including phenoxy) is 2. The number of nitrogens with two attached hydrogens (primary N) is 2. The van der Waals surface area contributed by atoms with E-state index in [-0.39, 0.29) is 17.4 Å². The number of aliphatic hydroxyl groups is 1. The lowest BCUT2D eigenvalue weighted by molar-refractivity contribution is -0.133. The quantitative estimate of drug-likeness (QED) is 0.526. The summed E-state index contributed by atoms with van der Waals surface area (Å²) in [5.74, 6) is 0.123. The zero-order valence-electron chi connectivity index (χ0n) is 14.5. The van der Waals surface area contributed by atoms with Crippen LogP contribution < -0.4 is 16.8 Å².